The molecule has 1 aromatic carbocycles. The fraction of sp³-hybridized carbons (Fsp3) is 0.455. The smallest absolute Gasteiger partial charge is 0.221 e. The molecule has 0 aromatic heterocycles. The second-order valence-electron chi connectivity index (χ2n) is 3.57. The first-order valence-corrected chi connectivity index (χ1v) is 8.00. The molecule has 0 radical (unpaired) electrons. The van der Waals surface area contributed by atoms with Crippen LogP contribution in [0.1, 0.15) is 11.7 Å². The van der Waals surface area contributed by atoms with E-state index in [-0.39, 0.29) is 17.3 Å². The average molecular weight is 338 g/mol. The highest BCUT2D eigenvalue weighted by molar-refractivity contribution is 9.10. The molecule has 0 heterocycles. The lowest BCUT2D eigenvalue weighted by Gasteiger charge is -2.16. The van der Waals surface area contributed by atoms with Gasteiger partial charge in [-0.3, -0.25) is 0 Å². The van der Waals surface area contributed by atoms with Crippen LogP contribution >= 0.6 is 15.9 Å². The molecular weight excluding hydrogens is 322 g/mol. The largest absolute Gasteiger partial charge is 0.497 e. The lowest BCUT2D eigenvalue weighted by molar-refractivity contribution is 0.107. The topological polar surface area (TPSA) is 64.6 Å². The van der Waals surface area contributed by atoms with Crippen LogP contribution in [-0.2, 0) is 14.8 Å². The Bertz CT molecular complexity index is 478. The molecule has 0 saturated carbocycles. The molecule has 102 valence electrons. The van der Waals surface area contributed by atoms with E-state index in [1.807, 2.05) is 24.3 Å². The molecule has 1 unspecified atom stereocenters. The lowest BCUT2D eigenvalue weighted by Crippen LogP contribution is -2.29. The van der Waals surface area contributed by atoms with E-state index in [2.05, 4.69) is 20.7 Å². The van der Waals surface area contributed by atoms with Gasteiger partial charge in [-0.05, 0) is 17.7 Å². The van der Waals surface area contributed by atoms with E-state index in [4.69, 9.17) is 9.47 Å². The zero-order chi connectivity index (χ0) is 13.6. The quantitative estimate of drug-likeness (QED) is 0.768. The summed E-state index contributed by atoms with van der Waals surface area (Å²) >= 11 is 2.91. The summed E-state index contributed by atoms with van der Waals surface area (Å²) in [7, 11) is -0.181. The number of hydrogen-bond donors (Lipinski definition) is 1. The Kier molecular flexibility index (Phi) is 6.07. The van der Waals surface area contributed by atoms with E-state index in [9.17, 15) is 8.42 Å². The Morgan fingerprint density at radius 2 is 2.11 bits per heavy atom. The van der Waals surface area contributed by atoms with Crippen LogP contribution in [0.25, 0.3) is 0 Å². The van der Waals surface area contributed by atoms with Gasteiger partial charge in [0.2, 0.25) is 10.0 Å². The molecule has 7 heteroatoms. The van der Waals surface area contributed by atoms with Crippen LogP contribution in [0.4, 0.5) is 0 Å². The number of sulfonamides is 1. The van der Waals surface area contributed by atoms with Gasteiger partial charge in [-0.15, -0.1) is 0 Å². The Labute approximate surface area is 116 Å². The molecule has 0 fully saturated rings. The van der Waals surface area contributed by atoms with Crippen molar-refractivity contribution in [2.45, 2.75) is 6.10 Å². The minimum atomic E-state index is -3.29. The zero-order valence-corrected chi connectivity index (χ0v) is 12.6. The standard InChI is InChI=1S/C11H16BrNO4S/c1-16-10-5-3-4-9(6-10)11(17-2)7-13-18(14,15)8-12/h3-6,11,13H,7-8H2,1-2H3. The van der Waals surface area contributed by atoms with E-state index >= 15 is 0 Å². The Morgan fingerprint density at radius 1 is 1.39 bits per heavy atom. The Morgan fingerprint density at radius 3 is 2.67 bits per heavy atom. The third kappa shape index (κ3) is 4.56. The minimum Gasteiger partial charge on any atom is -0.497 e. The zero-order valence-electron chi connectivity index (χ0n) is 10.2. The predicted octanol–water partition coefficient (Wildman–Crippen LogP) is 1.65. The van der Waals surface area contributed by atoms with Crippen LogP contribution in [0.5, 0.6) is 5.75 Å². The highest BCUT2D eigenvalue weighted by atomic mass is 79.9. The van der Waals surface area contributed by atoms with Gasteiger partial charge in [-0.2, -0.15) is 0 Å². The molecule has 1 aromatic rings. The molecule has 0 aliphatic carbocycles. The second kappa shape index (κ2) is 7.08. The molecule has 0 aliphatic heterocycles. The Hall–Kier alpha value is -0.630. The molecular formula is C11H16BrNO4S. The maximum atomic E-state index is 11.3. The summed E-state index contributed by atoms with van der Waals surface area (Å²) in [4.78, 5) is 0. The average Bonchev–Trinajstić information content (AvgIpc) is 2.39. The lowest BCUT2D eigenvalue weighted by atomic mass is 10.1. The third-order valence-electron chi connectivity index (χ3n) is 2.38. The van der Waals surface area contributed by atoms with Crippen molar-refractivity contribution < 1.29 is 17.9 Å². The fourth-order valence-corrected chi connectivity index (χ4v) is 2.39. The summed E-state index contributed by atoms with van der Waals surface area (Å²) in [5.74, 6) is 0.706. The summed E-state index contributed by atoms with van der Waals surface area (Å²) in [6, 6.07) is 7.33. The number of alkyl halides is 1. The first-order valence-electron chi connectivity index (χ1n) is 5.22. The monoisotopic (exact) mass is 337 g/mol. The number of rotatable bonds is 7. The van der Waals surface area contributed by atoms with E-state index in [1.54, 1.807) is 7.11 Å². The van der Waals surface area contributed by atoms with Crippen molar-refractivity contribution >= 4 is 26.0 Å². The van der Waals surface area contributed by atoms with E-state index in [1.165, 1.54) is 7.11 Å². The van der Waals surface area contributed by atoms with E-state index in [0.29, 0.717) is 5.75 Å². The van der Waals surface area contributed by atoms with Crippen LogP contribution in [0, 0.1) is 0 Å². The van der Waals surface area contributed by atoms with Crippen molar-refractivity contribution in [3.8, 4) is 5.75 Å². The van der Waals surface area contributed by atoms with Crippen molar-refractivity contribution in [3.63, 3.8) is 0 Å². The van der Waals surface area contributed by atoms with Gasteiger partial charge in [0.1, 0.15) is 10.4 Å². The van der Waals surface area contributed by atoms with Gasteiger partial charge in [0.25, 0.3) is 0 Å². The first kappa shape index (κ1) is 15.4. The van der Waals surface area contributed by atoms with Gasteiger partial charge in [0.15, 0.2) is 0 Å². The van der Waals surface area contributed by atoms with Crippen LogP contribution < -0.4 is 9.46 Å². The summed E-state index contributed by atoms with van der Waals surface area (Å²) in [6.07, 6.45) is -0.353. The summed E-state index contributed by atoms with van der Waals surface area (Å²) in [6.45, 7) is 0.178. The van der Waals surface area contributed by atoms with Crippen LogP contribution in [-0.4, -0.2) is 33.8 Å². The van der Waals surface area contributed by atoms with Crippen LogP contribution in [0.2, 0.25) is 0 Å². The highest BCUT2D eigenvalue weighted by Gasteiger charge is 2.15. The van der Waals surface area contributed by atoms with Gasteiger partial charge in [0, 0.05) is 13.7 Å². The van der Waals surface area contributed by atoms with Crippen molar-refractivity contribution in [2.75, 3.05) is 25.4 Å². The molecule has 0 spiro atoms. The minimum absolute atomic E-state index is 0.130. The molecule has 5 nitrogen and oxygen atoms in total. The summed E-state index contributed by atoms with van der Waals surface area (Å²) in [5, 5.41) is 0. The van der Waals surface area contributed by atoms with E-state index in [0.717, 1.165) is 5.56 Å². The van der Waals surface area contributed by atoms with Gasteiger partial charge >= 0.3 is 0 Å². The maximum absolute atomic E-state index is 11.3. The number of methoxy groups -OCH3 is 2. The van der Waals surface area contributed by atoms with Gasteiger partial charge in [-0.1, -0.05) is 28.1 Å². The predicted molar refractivity (Wildman–Crippen MR) is 73.5 cm³/mol. The molecule has 1 atom stereocenters. The molecule has 0 aliphatic rings. The molecule has 0 bridgehead atoms. The Balaban J connectivity index is 2.77. The summed E-state index contributed by atoms with van der Waals surface area (Å²) in [5.41, 5.74) is 0.856. The van der Waals surface area contributed by atoms with Crippen LogP contribution in [0.15, 0.2) is 24.3 Å². The van der Waals surface area contributed by atoms with Gasteiger partial charge in [0.05, 0.1) is 13.2 Å². The molecule has 0 amide bonds. The number of benzene rings is 1. The molecule has 1 N–H and O–H groups in total. The molecule has 18 heavy (non-hydrogen) atoms. The SMILES string of the molecule is COc1cccc(C(CNS(=O)(=O)CBr)OC)c1. The van der Waals surface area contributed by atoms with Gasteiger partial charge in [-0.25, -0.2) is 13.1 Å². The van der Waals surface area contributed by atoms with Gasteiger partial charge < -0.3 is 9.47 Å². The molecule has 1 rings (SSSR count). The third-order valence-corrected chi connectivity index (χ3v) is 5.08. The fourth-order valence-electron chi connectivity index (χ4n) is 1.42. The van der Waals surface area contributed by atoms with Crippen molar-refractivity contribution in [3.05, 3.63) is 29.8 Å². The number of nitrogens with one attached hydrogen (secondary N) is 1. The van der Waals surface area contributed by atoms with Crippen molar-refractivity contribution in [1.82, 2.24) is 4.72 Å². The maximum Gasteiger partial charge on any atom is 0.221 e. The molecule has 0 saturated heterocycles. The van der Waals surface area contributed by atoms with Crippen LogP contribution in [0.3, 0.4) is 0 Å². The van der Waals surface area contributed by atoms with Crippen molar-refractivity contribution in [1.29, 1.82) is 0 Å². The highest BCUT2D eigenvalue weighted by Crippen LogP contribution is 2.21. The number of hydrogen-bond acceptors (Lipinski definition) is 4. The number of ether oxygens (including phenoxy) is 2. The normalized spacial score (nSPS) is 13.3. The second-order valence-corrected chi connectivity index (χ2v) is 6.68. The first-order chi connectivity index (χ1) is 8.52. The summed E-state index contributed by atoms with van der Waals surface area (Å²) < 4.78 is 35.4. The van der Waals surface area contributed by atoms with Crippen molar-refractivity contribution in [2.24, 2.45) is 0 Å². The van der Waals surface area contributed by atoms with E-state index < -0.39 is 10.0 Å². The number of halogens is 1.